The van der Waals surface area contributed by atoms with Crippen LogP contribution in [0, 0.1) is 5.92 Å². The van der Waals surface area contributed by atoms with Crippen LogP contribution >= 0.6 is 12.2 Å². The topological polar surface area (TPSA) is 37.0 Å². The summed E-state index contributed by atoms with van der Waals surface area (Å²) in [5.74, 6) is 0.589. The van der Waals surface area contributed by atoms with E-state index >= 15 is 0 Å². The fourth-order valence-electron chi connectivity index (χ4n) is 2.20. The summed E-state index contributed by atoms with van der Waals surface area (Å²) in [7, 11) is 0. The number of rotatable bonds is 5. The minimum Gasteiger partial charge on any atom is -0.356 e. The molecule has 2 N–H and O–H groups in total. The molecule has 0 bridgehead atoms. The highest BCUT2D eigenvalue weighted by Crippen LogP contribution is 2.21. The molecule has 1 atom stereocenters. The zero-order chi connectivity index (χ0) is 15.1. The van der Waals surface area contributed by atoms with Gasteiger partial charge in [-0.25, -0.2) is 0 Å². The average Bonchev–Trinajstić information content (AvgIpc) is 2.48. The maximum absolute atomic E-state index is 5.42. The molecule has 1 aromatic carbocycles. The van der Waals surface area contributed by atoms with Crippen molar-refractivity contribution in [2.24, 2.45) is 5.92 Å². The van der Waals surface area contributed by atoms with Crippen LogP contribution in [0.15, 0.2) is 54.9 Å². The molecular formula is C17H21N3S. The van der Waals surface area contributed by atoms with Crippen LogP contribution in [0.4, 0.5) is 5.69 Å². The first-order valence-corrected chi connectivity index (χ1v) is 7.58. The van der Waals surface area contributed by atoms with E-state index in [1.165, 1.54) is 5.56 Å². The van der Waals surface area contributed by atoms with Crippen LogP contribution in [-0.4, -0.2) is 10.1 Å². The average molecular weight is 299 g/mol. The maximum Gasteiger partial charge on any atom is 0.171 e. The minimum absolute atomic E-state index is 0.216. The Morgan fingerprint density at radius 2 is 1.76 bits per heavy atom. The van der Waals surface area contributed by atoms with Crippen LogP contribution in [0.1, 0.15) is 31.9 Å². The first kappa shape index (κ1) is 15.4. The normalized spacial score (nSPS) is 12.0. The molecule has 0 saturated carbocycles. The van der Waals surface area contributed by atoms with E-state index in [9.17, 15) is 0 Å². The summed E-state index contributed by atoms with van der Waals surface area (Å²) in [5, 5.41) is 7.24. The van der Waals surface area contributed by atoms with Gasteiger partial charge in [0.2, 0.25) is 0 Å². The highest BCUT2D eigenvalue weighted by Gasteiger charge is 2.14. The van der Waals surface area contributed by atoms with Crippen molar-refractivity contribution in [3.05, 3.63) is 60.4 Å². The van der Waals surface area contributed by atoms with E-state index in [4.69, 9.17) is 12.2 Å². The molecule has 0 saturated heterocycles. The zero-order valence-corrected chi connectivity index (χ0v) is 13.2. The Morgan fingerprint density at radius 3 is 2.38 bits per heavy atom. The number of nitrogens with zero attached hydrogens (tertiary/aromatic N) is 1. The molecule has 0 aliphatic heterocycles. The van der Waals surface area contributed by atoms with E-state index in [-0.39, 0.29) is 6.04 Å². The van der Waals surface area contributed by atoms with Crippen LogP contribution < -0.4 is 10.6 Å². The Kier molecular flexibility index (Phi) is 5.69. The fourth-order valence-corrected chi connectivity index (χ4v) is 2.46. The highest BCUT2D eigenvalue weighted by molar-refractivity contribution is 7.80. The lowest BCUT2D eigenvalue weighted by Gasteiger charge is -2.23. The van der Waals surface area contributed by atoms with Gasteiger partial charge in [0.25, 0.3) is 0 Å². The Morgan fingerprint density at radius 1 is 1.10 bits per heavy atom. The first-order valence-electron chi connectivity index (χ1n) is 7.17. The van der Waals surface area contributed by atoms with Crippen LogP contribution in [0.3, 0.4) is 0 Å². The first-order chi connectivity index (χ1) is 10.1. The van der Waals surface area contributed by atoms with E-state index in [0.717, 1.165) is 12.1 Å². The van der Waals surface area contributed by atoms with Gasteiger partial charge in [-0.2, -0.15) is 0 Å². The van der Waals surface area contributed by atoms with Gasteiger partial charge >= 0.3 is 0 Å². The third kappa shape index (κ3) is 5.16. The van der Waals surface area contributed by atoms with Gasteiger partial charge in [-0.1, -0.05) is 44.2 Å². The van der Waals surface area contributed by atoms with E-state index in [2.05, 4.69) is 53.7 Å². The molecule has 1 heterocycles. The number of hydrogen-bond acceptors (Lipinski definition) is 2. The Bertz CT molecular complexity index is 555. The van der Waals surface area contributed by atoms with Crippen LogP contribution in [0.5, 0.6) is 0 Å². The molecule has 2 aromatic rings. The summed E-state index contributed by atoms with van der Waals surface area (Å²) in [4.78, 5) is 4.00. The van der Waals surface area contributed by atoms with Gasteiger partial charge < -0.3 is 10.6 Å². The standard InChI is InChI=1S/C17H21N3S/c1-13(2)12-16(14-6-4-3-5-7-14)20-17(21)19-15-8-10-18-11-9-15/h3-11,13,16H,12H2,1-2H3,(H2,18,19,20,21). The van der Waals surface area contributed by atoms with Crippen LogP contribution in [0.25, 0.3) is 0 Å². The molecule has 2 rings (SSSR count). The van der Waals surface area contributed by atoms with E-state index in [0.29, 0.717) is 11.0 Å². The summed E-state index contributed by atoms with van der Waals surface area (Å²) in [6, 6.07) is 14.4. The second-order valence-corrected chi connectivity index (χ2v) is 5.84. The van der Waals surface area contributed by atoms with E-state index in [1.807, 2.05) is 18.2 Å². The summed E-state index contributed by atoms with van der Waals surface area (Å²) in [6.07, 6.45) is 4.52. The molecular weight excluding hydrogens is 278 g/mol. The Labute approximate surface area is 131 Å². The minimum atomic E-state index is 0.216. The van der Waals surface area contributed by atoms with Gasteiger partial charge in [0.15, 0.2) is 5.11 Å². The number of anilines is 1. The van der Waals surface area contributed by atoms with E-state index in [1.54, 1.807) is 12.4 Å². The summed E-state index contributed by atoms with van der Waals surface area (Å²) in [5.41, 5.74) is 2.20. The van der Waals surface area contributed by atoms with Gasteiger partial charge in [-0.05, 0) is 42.3 Å². The SMILES string of the molecule is CC(C)CC(NC(=S)Nc1ccncc1)c1ccccc1. The molecule has 0 amide bonds. The highest BCUT2D eigenvalue weighted by atomic mass is 32.1. The van der Waals surface area contributed by atoms with Crippen molar-refractivity contribution in [3.8, 4) is 0 Å². The van der Waals surface area contributed by atoms with Crippen LogP contribution in [-0.2, 0) is 0 Å². The molecule has 21 heavy (non-hydrogen) atoms. The second-order valence-electron chi connectivity index (χ2n) is 5.43. The molecule has 110 valence electrons. The second kappa shape index (κ2) is 7.74. The lowest BCUT2D eigenvalue weighted by Crippen LogP contribution is -2.33. The van der Waals surface area contributed by atoms with Crippen molar-refractivity contribution >= 4 is 23.0 Å². The summed E-state index contributed by atoms with van der Waals surface area (Å²) < 4.78 is 0. The molecule has 4 heteroatoms. The third-order valence-corrected chi connectivity index (χ3v) is 3.37. The Balaban J connectivity index is 2.03. The number of pyridine rings is 1. The molecule has 0 fully saturated rings. The van der Waals surface area contributed by atoms with Crippen molar-refractivity contribution in [1.82, 2.24) is 10.3 Å². The zero-order valence-electron chi connectivity index (χ0n) is 12.4. The molecule has 1 aromatic heterocycles. The summed E-state index contributed by atoms with van der Waals surface area (Å²) in [6.45, 7) is 4.44. The van der Waals surface area contributed by atoms with Crippen molar-refractivity contribution < 1.29 is 0 Å². The number of thiocarbonyl (C=S) groups is 1. The van der Waals surface area contributed by atoms with Gasteiger partial charge in [0.1, 0.15) is 0 Å². The lowest BCUT2D eigenvalue weighted by molar-refractivity contribution is 0.481. The van der Waals surface area contributed by atoms with E-state index < -0.39 is 0 Å². The number of benzene rings is 1. The number of hydrogen-bond donors (Lipinski definition) is 2. The number of aromatic nitrogens is 1. The quantitative estimate of drug-likeness (QED) is 0.813. The monoisotopic (exact) mass is 299 g/mol. The Hall–Kier alpha value is -1.94. The molecule has 0 spiro atoms. The smallest absolute Gasteiger partial charge is 0.171 e. The van der Waals surface area contributed by atoms with Crippen molar-refractivity contribution in [3.63, 3.8) is 0 Å². The molecule has 1 unspecified atom stereocenters. The third-order valence-electron chi connectivity index (χ3n) is 3.15. The predicted octanol–water partition coefficient (Wildman–Crippen LogP) is 4.16. The van der Waals surface area contributed by atoms with Crippen molar-refractivity contribution in [1.29, 1.82) is 0 Å². The predicted molar refractivity (Wildman–Crippen MR) is 92.2 cm³/mol. The molecule has 0 radical (unpaired) electrons. The largest absolute Gasteiger partial charge is 0.356 e. The molecule has 0 aliphatic carbocycles. The maximum atomic E-state index is 5.42. The fraction of sp³-hybridized carbons (Fsp3) is 0.294. The van der Waals surface area contributed by atoms with Crippen molar-refractivity contribution in [2.75, 3.05) is 5.32 Å². The lowest BCUT2D eigenvalue weighted by atomic mass is 9.97. The summed E-state index contributed by atoms with van der Waals surface area (Å²) >= 11 is 5.42. The number of nitrogens with one attached hydrogen (secondary N) is 2. The van der Waals surface area contributed by atoms with Gasteiger partial charge in [-0.3, -0.25) is 4.98 Å². The van der Waals surface area contributed by atoms with Crippen molar-refractivity contribution in [2.45, 2.75) is 26.3 Å². The van der Waals surface area contributed by atoms with Crippen LogP contribution in [0.2, 0.25) is 0 Å². The van der Waals surface area contributed by atoms with Gasteiger partial charge in [0.05, 0.1) is 6.04 Å². The van der Waals surface area contributed by atoms with Gasteiger partial charge in [0, 0.05) is 18.1 Å². The molecule has 3 nitrogen and oxygen atoms in total. The van der Waals surface area contributed by atoms with Gasteiger partial charge in [-0.15, -0.1) is 0 Å². The molecule has 0 aliphatic rings.